The van der Waals surface area contributed by atoms with Crippen molar-refractivity contribution < 1.29 is 4.39 Å². The molecule has 0 N–H and O–H groups in total. The van der Waals surface area contributed by atoms with Gasteiger partial charge in [0.25, 0.3) is 0 Å². The summed E-state index contributed by atoms with van der Waals surface area (Å²) < 4.78 is 19.4. The molecule has 0 spiro atoms. The van der Waals surface area contributed by atoms with Gasteiger partial charge in [0, 0.05) is 38.6 Å². The van der Waals surface area contributed by atoms with Gasteiger partial charge in [-0.25, -0.2) is 4.39 Å². The number of rotatable bonds is 5. The zero-order valence-electron chi connectivity index (χ0n) is 24.9. The minimum absolute atomic E-state index is 0.258. The standard InChI is InChI=1S/C42H28FN3/c43-29-26-27-35-40(28-29)45(31-16-6-2-7-17-31)38-24-13-23-37(41(35)38)44(30-14-4-1-5-15-30)39-25-12-21-34-33-20-10-11-22-36(33)46(42(34)39)32-18-8-3-9-19-32/h1-28H. The van der Waals surface area contributed by atoms with Crippen LogP contribution in [0.1, 0.15) is 0 Å². The van der Waals surface area contributed by atoms with E-state index in [1.54, 1.807) is 12.1 Å². The van der Waals surface area contributed by atoms with E-state index in [9.17, 15) is 4.39 Å². The maximum absolute atomic E-state index is 14.9. The third-order valence-corrected chi connectivity index (χ3v) is 8.93. The number of benzene rings is 7. The van der Waals surface area contributed by atoms with Crippen molar-refractivity contribution in [2.45, 2.75) is 0 Å². The van der Waals surface area contributed by atoms with Crippen molar-refractivity contribution in [1.82, 2.24) is 9.13 Å². The van der Waals surface area contributed by atoms with Crippen LogP contribution in [0.5, 0.6) is 0 Å². The van der Waals surface area contributed by atoms with Crippen LogP contribution >= 0.6 is 0 Å². The summed E-state index contributed by atoms with van der Waals surface area (Å²) in [6, 6.07) is 58.0. The van der Waals surface area contributed by atoms with E-state index in [1.165, 1.54) is 10.8 Å². The Labute approximate surface area is 265 Å². The molecular weight excluding hydrogens is 565 g/mol. The number of anilines is 3. The fraction of sp³-hybridized carbons (Fsp3) is 0. The van der Waals surface area contributed by atoms with Gasteiger partial charge in [0.2, 0.25) is 0 Å². The molecule has 0 aliphatic rings. The molecule has 0 atom stereocenters. The normalized spacial score (nSPS) is 11.6. The Morgan fingerprint density at radius 3 is 1.76 bits per heavy atom. The first-order chi connectivity index (χ1) is 22.8. The van der Waals surface area contributed by atoms with Crippen molar-refractivity contribution in [3.05, 3.63) is 176 Å². The Bertz CT molecular complexity index is 2530. The number of hydrogen-bond donors (Lipinski definition) is 0. The van der Waals surface area contributed by atoms with Crippen molar-refractivity contribution in [1.29, 1.82) is 0 Å². The topological polar surface area (TPSA) is 13.1 Å². The van der Waals surface area contributed by atoms with Crippen LogP contribution in [0.15, 0.2) is 170 Å². The van der Waals surface area contributed by atoms with E-state index >= 15 is 0 Å². The summed E-state index contributed by atoms with van der Waals surface area (Å²) in [7, 11) is 0. The van der Waals surface area contributed by atoms with Crippen LogP contribution in [0, 0.1) is 5.82 Å². The van der Waals surface area contributed by atoms with Crippen LogP contribution in [0.3, 0.4) is 0 Å². The van der Waals surface area contributed by atoms with Gasteiger partial charge >= 0.3 is 0 Å². The van der Waals surface area contributed by atoms with Crippen LogP contribution in [-0.4, -0.2) is 9.13 Å². The lowest BCUT2D eigenvalue weighted by Crippen LogP contribution is -2.12. The average molecular weight is 594 g/mol. The highest BCUT2D eigenvalue weighted by molar-refractivity contribution is 6.19. The molecule has 0 amide bonds. The third kappa shape index (κ3) is 3.97. The van der Waals surface area contributed by atoms with Gasteiger partial charge in [-0.05, 0) is 78.9 Å². The zero-order valence-corrected chi connectivity index (χ0v) is 24.9. The monoisotopic (exact) mass is 593 g/mol. The Morgan fingerprint density at radius 1 is 0.413 bits per heavy atom. The van der Waals surface area contributed by atoms with Crippen molar-refractivity contribution in [3.63, 3.8) is 0 Å². The van der Waals surface area contributed by atoms with E-state index in [-0.39, 0.29) is 5.82 Å². The van der Waals surface area contributed by atoms with Crippen LogP contribution in [0.25, 0.3) is 55.0 Å². The first-order valence-electron chi connectivity index (χ1n) is 15.5. The van der Waals surface area contributed by atoms with E-state index in [2.05, 4.69) is 141 Å². The fourth-order valence-corrected chi connectivity index (χ4v) is 7.07. The summed E-state index contributed by atoms with van der Waals surface area (Å²) in [6.07, 6.45) is 0. The Morgan fingerprint density at radius 2 is 1.00 bits per heavy atom. The second-order valence-corrected chi connectivity index (χ2v) is 11.5. The van der Waals surface area contributed by atoms with Gasteiger partial charge in [0.15, 0.2) is 0 Å². The lowest BCUT2D eigenvalue weighted by Gasteiger charge is -2.28. The molecule has 7 aromatic carbocycles. The number of aromatic nitrogens is 2. The lowest BCUT2D eigenvalue weighted by molar-refractivity contribution is 0.629. The fourth-order valence-electron chi connectivity index (χ4n) is 7.07. The van der Waals surface area contributed by atoms with Gasteiger partial charge in [-0.15, -0.1) is 0 Å². The van der Waals surface area contributed by atoms with Crippen LogP contribution < -0.4 is 4.90 Å². The van der Waals surface area contributed by atoms with Crippen LogP contribution in [0.4, 0.5) is 21.5 Å². The molecule has 0 fully saturated rings. The van der Waals surface area contributed by atoms with E-state index in [0.29, 0.717) is 0 Å². The molecular formula is C42H28FN3. The number of fused-ring (bicyclic) bond motifs is 6. The molecule has 0 aliphatic heterocycles. The summed E-state index contributed by atoms with van der Waals surface area (Å²) in [5.41, 5.74) is 9.32. The Kier molecular flexibility index (Phi) is 6.00. The predicted molar refractivity (Wildman–Crippen MR) is 190 cm³/mol. The van der Waals surface area contributed by atoms with Crippen LogP contribution in [0.2, 0.25) is 0 Å². The van der Waals surface area contributed by atoms with E-state index in [1.807, 2.05) is 30.3 Å². The minimum atomic E-state index is -0.258. The maximum Gasteiger partial charge on any atom is 0.125 e. The predicted octanol–water partition coefficient (Wildman–Crippen LogP) is 11.5. The van der Waals surface area contributed by atoms with Crippen molar-refractivity contribution in [2.75, 3.05) is 4.90 Å². The molecule has 0 bridgehead atoms. The van der Waals surface area contributed by atoms with Gasteiger partial charge in [0.1, 0.15) is 5.82 Å². The molecule has 2 aromatic heterocycles. The summed E-state index contributed by atoms with van der Waals surface area (Å²) in [5.74, 6) is -0.258. The highest BCUT2D eigenvalue weighted by Crippen LogP contribution is 2.47. The quantitative estimate of drug-likeness (QED) is 0.193. The molecule has 9 aromatic rings. The van der Waals surface area contributed by atoms with Crippen molar-refractivity contribution in [3.8, 4) is 11.4 Å². The molecule has 2 heterocycles. The average Bonchev–Trinajstić information content (AvgIpc) is 3.63. The zero-order chi connectivity index (χ0) is 30.6. The first-order valence-corrected chi connectivity index (χ1v) is 15.5. The highest BCUT2D eigenvalue weighted by Gasteiger charge is 2.25. The second-order valence-electron chi connectivity index (χ2n) is 11.5. The lowest BCUT2D eigenvalue weighted by atomic mass is 10.1. The first kappa shape index (κ1) is 26.3. The molecule has 46 heavy (non-hydrogen) atoms. The third-order valence-electron chi connectivity index (χ3n) is 8.93. The van der Waals surface area contributed by atoms with Gasteiger partial charge in [-0.3, -0.25) is 0 Å². The van der Waals surface area contributed by atoms with E-state index in [4.69, 9.17) is 0 Å². The Balaban J connectivity index is 1.44. The number of hydrogen-bond acceptors (Lipinski definition) is 1. The van der Waals surface area contributed by atoms with Gasteiger partial charge in [0.05, 0.1) is 33.4 Å². The Hall–Kier alpha value is -6.13. The smallest absolute Gasteiger partial charge is 0.125 e. The summed E-state index contributed by atoms with van der Waals surface area (Å²) in [4.78, 5) is 2.36. The highest BCUT2D eigenvalue weighted by atomic mass is 19.1. The van der Waals surface area contributed by atoms with E-state index < -0.39 is 0 Å². The molecule has 3 nitrogen and oxygen atoms in total. The second kappa shape index (κ2) is 10.5. The summed E-state index contributed by atoms with van der Waals surface area (Å²) in [5, 5.41) is 4.43. The number of para-hydroxylation sites is 5. The van der Waals surface area contributed by atoms with E-state index in [0.717, 1.165) is 61.3 Å². The molecule has 0 saturated carbocycles. The number of halogens is 1. The molecule has 0 radical (unpaired) electrons. The van der Waals surface area contributed by atoms with Crippen molar-refractivity contribution >= 4 is 60.7 Å². The molecule has 0 saturated heterocycles. The SMILES string of the molecule is Fc1ccc2c3c(N(c4ccccc4)c4cccc5c6ccccc6n(-c6ccccc6)c45)cccc3n(-c3ccccc3)c2c1. The number of nitrogens with zero attached hydrogens (tertiary/aromatic N) is 3. The summed E-state index contributed by atoms with van der Waals surface area (Å²) >= 11 is 0. The maximum atomic E-state index is 14.9. The molecule has 218 valence electrons. The van der Waals surface area contributed by atoms with Crippen LogP contribution in [-0.2, 0) is 0 Å². The largest absolute Gasteiger partial charge is 0.309 e. The molecule has 4 heteroatoms. The summed E-state index contributed by atoms with van der Waals surface area (Å²) in [6.45, 7) is 0. The minimum Gasteiger partial charge on any atom is -0.309 e. The van der Waals surface area contributed by atoms with Crippen molar-refractivity contribution in [2.24, 2.45) is 0 Å². The molecule has 9 rings (SSSR count). The van der Waals surface area contributed by atoms with Gasteiger partial charge in [-0.2, -0.15) is 0 Å². The van der Waals surface area contributed by atoms with Gasteiger partial charge in [-0.1, -0.05) is 91.0 Å². The van der Waals surface area contributed by atoms with Gasteiger partial charge < -0.3 is 14.0 Å². The molecule has 0 aliphatic carbocycles. The molecule has 0 unspecified atom stereocenters.